The predicted octanol–water partition coefficient (Wildman–Crippen LogP) is 6.73. The molecule has 9 nitrogen and oxygen atoms in total. The monoisotopic (exact) mass is 669 g/mol. The summed E-state index contributed by atoms with van der Waals surface area (Å²) >= 11 is 1.35. The summed E-state index contributed by atoms with van der Waals surface area (Å²) in [6.45, 7) is 0. The molecule has 0 aliphatic carbocycles. The molecule has 1 unspecified atom stereocenters. The van der Waals surface area contributed by atoms with Crippen LogP contribution in [0.1, 0.15) is 37.1 Å². The topological polar surface area (TPSA) is 134 Å². The first kappa shape index (κ1) is 34.2. The highest BCUT2D eigenvalue weighted by molar-refractivity contribution is 8.00. The molecule has 1 atom stereocenters. The standard InChI is InChI=1S/C39H35N5O4S/c1-44(2)32-21-13-26(14-22-32)25-34(43-37(46)29-11-7-4-8-12-29)38(47)41-31-19-23-33(24-20-31)49-35(27-9-5-3-6-10-27)39(48)42-30-17-15-28(16-18-30)36(40)45/h3-25,35H,1-2H3,(H2,40,45)(H,41,47)(H,42,48)(H,43,46)/b34-25-. The molecule has 0 aliphatic rings. The van der Waals surface area contributed by atoms with E-state index in [-0.39, 0.29) is 11.6 Å². The molecule has 0 fully saturated rings. The maximum absolute atomic E-state index is 13.5. The molecular weight excluding hydrogens is 635 g/mol. The van der Waals surface area contributed by atoms with Crippen molar-refractivity contribution in [3.63, 3.8) is 0 Å². The van der Waals surface area contributed by atoms with Crippen molar-refractivity contribution in [1.29, 1.82) is 0 Å². The van der Waals surface area contributed by atoms with Crippen molar-refractivity contribution in [3.05, 3.63) is 161 Å². The number of rotatable bonds is 12. The molecular formula is C39H35N5O4S. The van der Waals surface area contributed by atoms with E-state index in [1.165, 1.54) is 11.8 Å². The molecule has 0 radical (unpaired) electrons. The first-order chi connectivity index (χ1) is 23.7. The van der Waals surface area contributed by atoms with E-state index in [0.717, 1.165) is 21.7 Å². The number of amides is 4. The molecule has 0 spiro atoms. The minimum Gasteiger partial charge on any atom is -0.378 e. The molecule has 10 heteroatoms. The highest BCUT2D eigenvalue weighted by Crippen LogP contribution is 2.37. The number of primary amides is 1. The highest BCUT2D eigenvalue weighted by Gasteiger charge is 2.23. The van der Waals surface area contributed by atoms with E-state index in [0.29, 0.717) is 22.5 Å². The van der Waals surface area contributed by atoms with Crippen LogP contribution in [-0.2, 0) is 9.59 Å². The van der Waals surface area contributed by atoms with Gasteiger partial charge in [-0.3, -0.25) is 19.2 Å². The zero-order chi connectivity index (χ0) is 34.8. The van der Waals surface area contributed by atoms with Crippen LogP contribution in [0.2, 0.25) is 0 Å². The molecule has 49 heavy (non-hydrogen) atoms. The van der Waals surface area contributed by atoms with Crippen molar-refractivity contribution in [3.8, 4) is 0 Å². The predicted molar refractivity (Wildman–Crippen MR) is 196 cm³/mol. The number of nitrogens with one attached hydrogen (secondary N) is 3. The average molecular weight is 670 g/mol. The van der Waals surface area contributed by atoms with Gasteiger partial charge in [-0.15, -0.1) is 11.8 Å². The van der Waals surface area contributed by atoms with Gasteiger partial charge in [-0.2, -0.15) is 0 Å². The van der Waals surface area contributed by atoms with Gasteiger partial charge < -0.3 is 26.6 Å². The number of hydrogen-bond donors (Lipinski definition) is 4. The van der Waals surface area contributed by atoms with Crippen LogP contribution < -0.4 is 26.6 Å². The third-order valence-electron chi connectivity index (χ3n) is 7.39. The maximum atomic E-state index is 13.5. The van der Waals surface area contributed by atoms with Gasteiger partial charge in [0, 0.05) is 47.2 Å². The van der Waals surface area contributed by atoms with Crippen LogP contribution in [0.3, 0.4) is 0 Å². The number of benzene rings is 5. The van der Waals surface area contributed by atoms with Gasteiger partial charge in [-0.05, 0) is 90.0 Å². The van der Waals surface area contributed by atoms with Gasteiger partial charge in [0.05, 0.1) is 0 Å². The first-order valence-electron chi connectivity index (χ1n) is 15.4. The number of thioether (sulfide) groups is 1. The fourth-order valence-corrected chi connectivity index (χ4v) is 5.78. The lowest BCUT2D eigenvalue weighted by Crippen LogP contribution is -2.30. The Kier molecular flexibility index (Phi) is 11.3. The van der Waals surface area contributed by atoms with Gasteiger partial charge in [0.15, 0.2) is 0 Å². The van der Waals surface area contributed by atoms with Gasteiger partial charge in [0.2, 0.25) is 11.8 Å². The molecule has 0 aromatic heterocycles. The number of anilines is 3. The van der Waals surface area contributed by atoms with E-state index in [9.17, 15) is 19.2 Å². The van der Waals surface area contributed by atoms with Gasteiger partial charge in [-0.25, -0.2) is 0 Å². The lowest BCUT2D eigenvalue weighted by Gasteiger charge is -2.18. The van der Waals surface area contributed by atoms with Crippen molar-refractivity contribution in [2.45, 2.75) is 10.1 Å². The zero-order valence-electron chi connectivity index (χ0n) is 26.9. The minimum atomic E-state index is -0.598. The summed E-state index contributed by atoms with van der Waals surface area (Å²) in [4.78, 5) is 54.3. The molecule has 5 rings (SSSR count). The number of hydrogen-bond acceptors (Lipinski definition) is 6. The van der Waals surface area contributed by atoms with Crippen molar-refractivity contribution in [2.75, 3.05) is 29.6 Å². The Bertz CT molecular complexity index is 1950. The Morgan fingerprint density at radius 2 is 1.24 bits per heavy atom. The Labute approximate surface area is 289 Å². The summed E-state index contributed by atoms with van der Waals surface area (Å²) in [6, 6.07) is 39.2. The summed E-state index contributed by atoms with van der Waals surface area (Å²) in [5, 5.41) is 7.96. The summed E-state index contributed by atoms with van der Waals surface area (Å²) in [6.07, 6.45) is 1.63. The van der Waals surface area contributed by atoms with E-state index < -0.39 is 23.0 Å². The Morgan fingerprint density at radius 1 is 0.673 bits per heavy atom. The van der Waals surface area contributed by atoms with E-state index >= 15 is 0 Å². The molecule has 0 aliphatic heterocycles. The van der Waals surface area contributed by atoms with E-state index in [2.05, 4.69) is 16.0 Å². The number of carbonyl (C=O) groups excluding carboxylic acids is 4. The molecule has 4 amide bonds. The van der Waals surface area contributed by atoms with Crippen molar-refractivity contribution >= 4 is 58.5 Å². The Morgan fingerprint density at radius 3 is 1.84 bits per heavy atom. The van der Waals surface area contributed by atoms with Gasteiger partial charge in [0.1, 0.15) is 10.9 Å². The molecule has 0 saturated heterocycles. The van der Waals surface area contributed by atoms with E-state index in [4.69, 9.17) is 5.73 Å². The molecule has 5 N–H and O–H groups in total. The van der Waals surface area contributed by atoms with Gasteiger partial charge in [0.25, 0.3) is 11.8 Å². The number of nitrogens with two attached hydrogens (primary N) is 1. The Hall–Kier alpha value is -6.13. The van der Waals surface area contributed by atoms with Crippen LogP contribution >= 0.6 is 11.8 Å². The molecule has 0 bridgehead atoms. The largest absolute Gasteiger partial charge is 0.378 e. The van der Waals surface area contributed by atoms with Crippen molar-refractivity contribution in [1.82, 2.24) is 5.32 Å². The lowest BCUT2D eigenvalue weighted by molar-refractivity contribution is -0.116. The zero-order valence-corrected chi connectivity index (χ0v) is 27.7. The maximum Gasteiger partial charge on any atom is 0.272 e. The molecule has 0 saturated carbocycles. The minimum absolute atomic E-state index is 0.0783. The summed E-state index contributed by atoms with van der Waals surface area (Å²) in [7, 11) is 3.88. The number of carbonyl (C=O) groups is 4. The lowest BCUT2D eigenvalue weighted by atomic mass is 10.1. The van der Waals surface area contributed by atoms with Crippen LogP contribution in [0.25, 0.3) is 6.08 Å². The van der Waals surface area contributed by atoms with Crippen molar-refractivity contribution < 1.29 is 19.2 Å². The quantitative estimate of drug-likeness (QED) is 0.0860. The second-order valence-corrected chi connectivity index (χ2v) is 12.4. The Balaban J connectivity index is 1.32. The normalized spacial score (nSPS) is 11.6. The second kappa shape index (κ2) is 16.1. The van der Waals surface area contributed by atoms with E-state index in [1.807, 2.05) is 91.8 Å². The number of nitrogens with zero attached hydrogens (tertiary/aromatic N) is 1. The average Bonchev–Trinajstić information content (AvgIpc) is 3.12. The van der Waals surface area contributed by atoms with Gasteiger partial charge in [-0.1, -0.05) is 60.7 Å². The highest BCUT2D eigenvalue weighted by atomic mass is 32.2. The third kappa shape index (κ3) is 9.46. The van der Waals surface area contributed by atoms with E-state index in [1.54, 1.807) is 66.7 Å². The summed E-state index contributed by atoms with van der Waals surface area (Å²) in [5.74, 6) is -1.70. The van der Waals surface area contributed by atoms with Crippen LogP contribution in [0.5, 0.6) is 0 Å². The third-order valence-corrected chi connectivity index (χ3v) is 8.66. The molecule has 5 aromatic carbocycles. The van der Waals surface area contributed by atoms with Crippen molar-refractivity contribution in [2.24, 2.45) is 5.73 Å². The molecule has 246 valence electrons. The SMILES string of the molecule is CN(C)c1ccc(/C=C(\NC(=O)c2ccccc2)C(=O)Nc2ccc(SC(C(=O)Nc3ccc(C(N)=O)cc3)c3ccccc3)cc2)cc1. The van der Waals surface area contributed by atoms with Gasteiger partial charge >= 0.3 is 0 Å². The van der Waals surface area contributed by atoms with Crippen LogP contribution in [0.15, 0.2) is 144 Å². The molecule has 5 aromatic rings. The fraction of sp³-hybridized carbons (Fsp3) is 0.0769. The van der Waals surface area contributed by atoms with Crippen LogP contribution in [0, 0.1) is 0 Å². The van der Waals surface area contributed by atoms with Crippen LogP contribution in [0.4, 0.5) is 17.1 Å². The smallest absolute Gasteiger partial charge is 0.272 e. The molecule has 0 heterocycles. The fourth-order valence-electron chi connectivity index (χ4n) is 4.76. The second-order valence-electron chi connectivity index (χ2n) is 11.2. The summed E-state index contributed by atoms with van der Waals surface area (Å²) < 4.78 is 0. The first-order valence-corrected chi connectivity index (χ1v) is 16.2. The summed E-state index contributed by atoms with van der Waals surface area (Å²) in [5.41, 5.74) is 9.77. The van der Waals surface area contributed by atoms with Crippen LogP contribution in [-0.4, -0.2) is 37.7 Å².